The summed E-state index contributed by atoms with van der Waals surface area (Å²) in [7, 11) is 0. The van der Waals surface area contributed by atoms with Crippen LogP contribution in [0.4, 0.5) is 0 Å². The second kappa shape index (κ2) is 6.12. The predicted octanol–water partition coefficient (Wildman–Crippen LogP) is 2.76. The highest BCUT2D eigenvalue weighted by Gasteiger charge is 2.35. The van der Waals surface area contributed by atoms with E-state index in [-0.39, 0.29) is 5.54 Å². The fourth-order valence-corrected chi connectivity index (χ4v) is 2.57. The highest BCUT2D eigenvalue weighted by atomic mass is 15.3. The molecule has 0 aliphatic carbocycles. The van der Waals surface area contributed by atoms with E-state index in [1.54, 1.807) is 0 Å². The zero-order chi connectivity index (χ0) is 12.0. The van der Waals surface area contributed by atoms with Crippen molar-refractivity contribution in [1.29, 1.82) is 0 Å². The summed E-state index contributed by atoms with van der Waals surface area (Å²) in [6, 6.07) is 0. The molecule has 0 aromatic heterocycles. The predicted molar refractivity (Wildman–Crippen MR) is 70.7 cm³/mol. The Morgan fingerprint density at radius 1 is 1.25 bits per heavy atom. The van der Waals surface area contributed by atoms with Crippen molar-refractivity contribution in [3.05, 3.63) is 0 Å². The van der Waals surface area contributed by atoms with E-state index in [0.29, 0.717) is 0 Å². The lowest BCUT2D eigenvalue weighted by molar-refractivity contribution is 0.210. The SMILES string of the molecule is CCCCCCCC1(C)CN=C(N)N1CC. The minimum atomic E-state index is 0.186. The molecule has 1 atom stereocenters. The highest BCUT2D eigenvalue weighted by Crippen LogP contribution is 2.27. The maximum absolute atomic E-state index is 5.89. The van der Waals surface area contributed by atoms with Crippen LogP contribution in [0.5, 0.6) is 0 Å². The monoisotopic (exact) mass is 225 g/mol. The van der Waals surface area contributed by atoms with Gasteiger partial charge in [0, 0.05) is 6.54 Å². The molecule has 1 rings (SSSR count). The van der Waals surface area contributed by atoms with Gasteiger partial charge in [0.2, 0.25) is 0 Å². The smallest absolute Gasteiger partial charge is 0.191 e. The average Bonchev–Trinajstić information content (AvgIpc) is 2.54. The van der Waals surface area contributed by atoms with Gasteiger partial charge >= 0.3 is 0 Å². The number of nitrogens with two attached hydrogens (primary N) is 1. The van der Waals surface area contributed by atoms with Gasteiger partial charge in [0.05, 0.1) is 12.1 Å². The highest BCUT2D eigenvalue weighted by molar-refractivity contribution is 5.80. The molecule has 0 bridgehead atoms. The third-order valence-corrected chi connectivity index (χ3v) is 3.65. The summed E-state index contributed by atoms with van der Waals surface area (Å²) in [5, 5.41) is 0. The molecule has 1 aliphatic rings. The van der Waals surface area contributed by atoms with Crippen LogP contribution in [-0.2, 0) is 0 Å². The molecular formula is C13H27N3. The van der Waals surface area contributed by atoms with Crippen LogP contribution in [-0.4, -0.2) is 29.5 Å². The minimum Gasteiger partial charge on any atom is -0.370 e. The molecule has 0 amide bonds. The molecule has 0 aromatic carbocycles. The maximum atomic E-state index is 5.89. The van der Waals surface area contributed by atoms with E-state index in [1.807, 2.05) is 0 Å². The largest absolute Gasteiger partial charge is 0.370 e. The van der Waals surface area contributed by atoms with E-state index in [1.165, 1.54) is 38.5 Å². The number of hydrogen-bond acceptors (Lipinski definition) is 3. The summed E-state index contributed by atoms with van der Waals surface area (Å²) in [6.45, 7) is 8.55. The molecule has 0 aromatic rings. The van der Waals surface area contributed by atoms with Crippen LogP contribution in [0.15, 0.2) is 4.99 Å². The Hall–Kier alpha value is -0.730. The van der Waals surface area contributed by atoms with Crippen molar-refractivity contribution >= 4 is 5.96 Å². The van der Waals surface area contributed by atoms with Crippen LogP contribution in [0, 0.1) is 0 Å². The Bertz CT molecular complexity index is 237. The van der Waals surface area contributed by atoms with Gasteiger partial charge in [-0.3, -0.25) is 4.99 Å². The zero-order valence-electron chi connectivity index (χ0n) is 11.1. The second-order valence-electron chi connectivity index (χ2n) is 5.08. The van der Waals surface area contributed by atoms with Crippen molar-refractivity contribution in [3.8, 4) is 0 Å². The number of unbranched alkanes of at least 4 members (excludes halogenated alkanes) is 4. The molecule has 0 radical (unpaired) electrons. The van der Waals surface area contributed by atoms with Crippen LogP contribution in [0.2, 0.25) is 0 Å². The summed E-state index contributed by atoms with van der Waals surface area (Å²) >= 11 is 0. The first-order chi connectivity index (χ1) is 7.64. The lowest BCUT2D eigenvalue weighted by Crippen LogP contribution is -2.49. The van der Waals surface area contributed by atoms with Gasteiger partial charge in [0.15, 0.2) is 5.96 Å². The number of aliphatic imine (C=N–C) groups is 1. The standard InChI is InChI=1S/C13H27N3/c1-4-6-7-8-9-10-13(3)11-15-12(14)16(13)5-2/h4-11H2,1-3H3,(H2,14,15). The van der Waals surface area contributed by atoms with Gasteiger partial charge < -0.3 is 10.6 Å². The van der Waals surface area contributed by atoms with Gasteiger partial charge in [-0.25, -0.2) is 0 Å². The van der Waals surface area contributed by atoms with Gasteiger partial charge in [0.25, 0.3) is 0 Å². The first-order valence-corrected chi connectivity index (χ1v) is 6.71. The zero-order valence-corrected chi connectivity index (χ0v) is 11.1. The van der Waals surface area contributed by atoms with Crippen LogP contribution >= 0.6 is 0 Å². The lowest BCUT2D eigenvalue weighted by Gasteiger charge is -2.35. The molecule has 0 saturated heterocycles. The molecule has 1 heterocycles. The van der Waals surface area contributed by atoms with Crippen LogP contribution in [0.1, 0.15) is 59.3 Å². The van der Waals surface area contributed by atoms with E-state index in [0.717, 1.165) is 19.0 Å². The first-order valence-electron chi connectivity index (χ1n) is 6.71. The average molecular weight is 225 g/mol. The van der Waals surface area contributed by atoms with Crippen molar-refractivity contribution in [2.24, 2.45) is 10.7 Å². The summed E-state index contributed by atoms with van der Waals surface area (Å²) in [5.74, 6) is 0.735. The van der Waals surface area contributed by atoms with Gasteiger partial charge in [-0.2, -0.15) is 0 Å². The number of nitrogens with zero attached hydrogens (tertiary/aromatic N) is 2. The number of hydrogen-bond donors (Lipinski definition) is 1. The third kappa shape index (κ3) is 3.13. The topological polar surface area (TPSA) is 41.6 Å². The van der Waals surface area contributed by atoms with Crippen LogP contribution in [0.3, 0.4) is 0 Å². The van der Waals surface area contributed by atoms with Crippen LogP contribution in [0.25, 0.3) is 0 Å². The second-order valence-corrected chi connectivity index (χ2v) is 5.08. The van der Waals surface area contributed by atoms with Crippen molar-refractivity contribution in [2.75, 3.05) is 13.1 Å². The van der Waals surface area contributed by atoms with Crippen LogP contribution < -0.4 is 5.73 Å². The molecule has 16 heavy (non-hydrogen) atoms. The molecule has 94 valence electrons. The van der Waals surface area contributed by atoms with Crippen molar-refractivity contribution in [1.82, 2.24) is 4.90 Å². The van der Waals surface area contributed by atoms with Gasteiger partial charge in [-0.1, -0.05) is 39.0 Å². The fourth-order valence-electron chi connectivity index (χ4n) is 2.57. The number of likely N-dealkylation sites (N-methyl/N-ethyl adjacent to an activating group) is 1. The molecule has 2 N–H and O–H groups in total. The molecule has 1 aliphatic heterocycles. The van der Waals surface area contributed by atoms with E-state index in [9.17, 15) is 0 Å². The summed E-state index contributed by atoms with van der Waals surface area (Å²) < 4.78 is 0. The Balaban J connectivity index is 2.30. The van der Waals surface area contributed by atoms with E-state index in [2.05, 4.69) is 30.7 Å². The molecule has 1 unspecified atom stereocenters. The number of guanidine groups is 1. The summed E-state index contributed by atoms with van der Waals surface area (Å²) in [4.78, 5) is 6.63. The minimum absolute atomic E-state index is 0.186. The molecule has 0 fully saturated rings. The van der Waals surface area contributed by atoms with Gasteiger partial charge in [-0.15, -0.1) is 0 Å². The van der Waals surface area contributed by atoms with Gasteiger partial charge in [-0.05, 0) is 20.3 Å². The Kier molecular flexibility index (Phi) is 5.10. The van der Waals surface area contributed by atoms with Gasteiger partial charge in [0.1, 0.15) is 0 Å². The quantitative estimate of drug-likeness (QED) is 0.677. The van der Waals surface area contributed by atoms with Crippen molar-refractivity contribution < 1.29 is 0 Å². The molecule has 3 nitrogen and oxygen atoms in total. The van der Waals surface area contributed by atoms with E-state index >= 15 is 0 Å². The van der Waals surface area contributed by atoms with Crippen molar-refractivity contribution in [3.63, 3.8) is 0 Å². The Morgan fingerprint density at radius 3 is 2.56 bits per heavy atom. The lowest BCUT2D eigenvalue weighted by atomic mass is 9.93. The summed E-state index contributed by atoms with van der Waals surface area (Å²) in [6.07, 6.45) is 7.92. The molecular weight excluding hydrogens is 198 g/mol. The van der Waals surface area contributed by atoms with E-state index in [4.69, 9.17) is 5.73 Å². The first kappa shape index (κ1) is 13.3. The summed E-state index contributed by atoms with van der Waals surface area (Å²) in [5.41, 5.74) is 6.08. The maximum Gasteiger partial charge on any atom is 0.191 e. The number of rotatable bonds is 7. The molecule has 0 spiro atoms. The van der Waals surface area contributed by atoms with E-state index < -0.39 is 0 Å². The molecule has 0 saturated carbocycles. The Labute approximate surface area is 100 Å². The Morgan fingerprint density at radius 2 is 1.94 bits per heavy atom. The molecule has 3 heteroatoms. The normalized spacial score (nSPS) is 24.9. The van der Waals surface area contributed by atoms with Crippen molar-refractivity contribution in [2.45, 2.75) is 64.8 Å². The fraction of sp³-hybridized carbons (Fsp3) is 0.923. The third-order valence-electron chi connectivity index (χ3n) is 3.65.